The van der Waals surface area contributed by atoms with Crippen LogP contribution in [0.15, 0.2) is 53.0 Å². The number of ether oxygens (including phenoxy) is 2. The van der Waals surface area contributed by atoms with E-state index in [0.29, 0.717) is 12.1 Å². The van der Waals surface area contributed by atoms with E-state index in [0.717, 1.165) is 23.7 Å². The second kappa shape index (κ2) is 6.09. The minimum absolute atomic E-state index is 0.350. The Morgan fingerprint density at radius 3 is 2.80 bits per heavy atom. The number of hydrogen-bond donors (Lipinski definition) is 1. The standard InChI is InChI=1S/C20H18N2O3/c1-24-15-6-7-16-13(9-15)10-17-18(16)11-21-19(17)22-14-5-3-4-12(8-14)20(23)25-2/h3-9H,10-11H2,1-2H3,(H,21,22)/i2-1. The molecule has 0 saturated carbocycles. The Morgan fingerprint density at radius 2 is 2.00 bits per heavy atom. The third-order valence-electron chi connectivity index (χ3n) is 4.60. The van der Waals surface area contributed by atoms with Gasteiger partial charge in [0.25, 0.3) is 0 Å². The van der Waals surface area contributed by atoms with E-state index >= 15 is 0 Å². The van der Waals surface area contributed by atoms with Gasteiger partial charge in [0.1, 0.15) is 11.6 Å². The van der Waals surface area contributed by atoms with Crippen LogP contribution in [0, 0.1) is 0 Å². The van der Waals surface area contributed by atoms with Gasteiger partial charge < -0.3 is 14.8 Å². The molecule has 126 valence electrons. The molecule has 1 N–H and O–H groups in total. The van der Waals surface area contributed by atoms with Crippen LogP contribution in [-0.4, -0.2) is 32.6 Å². The number of rotatable bonds is 3. The van der Waals surface area contributed by atoms with E-state index in [9.17, 15) is 4.79 Å². The number of carbonyl (C=O) groups excluding carboxylic acids is 1. The van der Waals surface area contributed by atoms with Crippen LogP contribution in [0.2, 0.25) is 0 Å². The minimum Gasteiger partial charge on any atom is -0.497 e. The maximum absolute atomic E-state index is 11.7. The second-order valence-corrected chi connectivity index (χ2v) is 6.02. The van der Waals surface area contributed by atoms with E-state index in [4.69, 9.17) is 9.47 Å². The van der Waals surface area contributed by atoms with Gasteiger partial charge in [-0.2, -0.15) is 0 Å². The molecule has 4 rings (SSSR count). The van der Waals surface area contributed by atoms with Gasteiger partial charge in [-0.1, -0.05) is 12.1 Å². The zero-order valence-electron chi connectivity index (χ0n) is 14.1. The van der Waals surface area contributed by atoms with Crippen LogP contribution < -0.4 is 10.1 Å². The lowest BCUT2D eigenvalue weighted by atomic mass is 10.1. The summed E-state index contributed by atoms with van der Waals surface area (Å²) >= 11 is 0. The number of nitrogens with one attached hydrogen (secondary N) is 1. The average Bonchev–Trinajstić information content (AvgIpc) is 3.20. The predicted molar refractivity (Wildman–Crippen MR) is 97.3 cm³/mol. The largest absolute Gasteiger partial charge is 0.497 e. The van der Waals surface area contributed by atoms with Crippen molar-refractivity contribution in [1.82, 2.24) is 0 Å². The number of aliphatic imine (C=N–C) groups is 1. The topological polar surface area (TPSA) is 59.9 Å². The number of fused-ring (bicyclic) bond motifs is 2. The van der Waals surface area contributed by atoms with Crippen LogP contribution in [0.1, 0.15) is 21.5 Å². The molecule has 2 aromatic rings. The molecule has 0 bridgehead atoms. The van der Waals surface area contributed by atoms with Gasteiger partial charge >= 0.3 is 5.97 Å². The van der Waals surface area contributed by atoms with Gasteiger partial charge in [-0.05, 0) is 47.0 Å². The third kappa shape index (κ3) is 2.67. The summed E-state index contributed by atoms with van der Waals surface area (Å²) in [5.41, 5.74) is 6.33. The highest BCUT2D eigenvalue weighted by molar-refractivity contribution is 6.17. The number of benzene rings is 2. The lowest BCUT2D eigenvalue weighted by molar-refractivity contribution is 0.0601. The molecule has 25 heavy (non-hydrogen) atoms. The smallest absolute Gasteiger partial charge is 0.337 e. The molecule has 5 nitrogen and oxygen atoms in total. The summed E-state index contributed by atoms with van der Waals surface area (Å²) in [6.45, 7) is 0.674. The molecular formula is C20H18N2O3. The molecule has 2 aliphatic rings. The maximum Gasteiger partial charge on any atom is 0.337 e. The molecule has 0 spiro atoms. The number of anilines is 1. The van der Waals surface area contributed by atoms with Crippen LogP contribution in [0.3, 0.4) is 0 Å². The van der Waals surface area contributed by atoms with Crippen molar-refractivity contribution in [2.24, 2.45) is 4.99 Å². The summed E-state index contributed by atoms with van der Waals surface area (Å²) in [4.78, 5) is 16.3. The fraction of sp³-hybridized carbons (Fsp3) is 0.200. The van der Waals surface area contributed by atoms with Crippen molar-refractivity contribution in [2.45, 2.75) is 6.42 Å². The zero-order valence-corrected chi connectivity index (χ0v) is 14.1. The number of hydrogen-bond acceptors (Lipinski definition) is 5. The highest BCUT2D eigenvalue weighted by Crippen LogP contribution is 2.38. The SMILES string of the molecule is COc1ccc2c(c1)CC1=C2CN=C1Nc1cccc(C(=O)O[11CH3])c1. The summed E-state index contributed by atoms with van der Waals surface area (Å²) in [5, 5.41) is 3.35. The predicted octanol–water partition coefficient (Wildman–Crippen LogP) is 3.32. The van der Waals surface area contributed by atoms with Crippen LogP contribution in [-0.2, 0) is 11.2 Å². The number of esters is 1. The van der Waals surface area contributed by atoms with Gasteiger partial charge in [0.15, 0.2) is 0 Å². The fourth-order valence-electron chi connectivity index (χ4n) is 3.35. The average molecular weight is 333 g/mol. The first kappa shape index (κ1) is 15.4. The Labute approximate surface area is 146 Å². The zero-order chi connectivity index (χ0) is 17.4. The van der Waals surface area contributed by atoms with E-state index in [-0.39, 0.29) is 5.97 Å². The molecular weight excluding hydrogens is 315 g/mol. The molecule has 0 atom stereocenters. The van der Waals surface area contributed by atoms with Gasteiger partial charge in [0, 0.05) is 17.7 Å². The van der Waals surface area contributed by atoms with Crippen molar-refractivity contribution in [2.75, 3.05) is 26.1 Å². The number of methoxy groups -OCH3 is 2. The van der Waals surface area contributed by atoms with Gasteiger partial charge in [-0.3, -0.25) is 4.99 Å². The van der Waals surface area contributed by atoms with Crippen LogP contribution in [0.5, 0.6) is 5.75 Å². The van der Waals surface area contributed by atoms with Gasteiger partial charge in [0.2, 0.25) is 0 Å². The van der Waals surface area contributed by atoms with Crippen LogP contribution >= 0.6 is 0 Å². The van der Waals surface area contributed by atoms with Crippen molar-refractivity contribution < 1.29 is 14.3 Å². The lowest BCUT2D eigenvalue weighted by Gasteiger charge is -2.10. The first-order valence-electron chi connectivity index (χ1n) is 8.09. The van der Waals surface area contributed by atoms with Gasteiger partial charge in [-0.25, -0.2) is 4.79 Å². The first-order valence-corrected chi connectivity index (χ1v) is 8.09. The van der Waals surface area contributed by atoms with E-state index in [2.05, 4.69) is 22.4 Å². The molecule has 1 aliphatic heterocycles. The quantitative estimate of drug-likeness (QED) is 0.876. The maximum atomic E-state index is 11.7. The van der Waals surface area contributed by atoms with E-state index in [1.165, 1.54) is 29.4 Å². The normalized spacial score (nSPS) is 14.7. The van der Waals surface area contributed by atoms with Gasteiger partial charge in [0.05, 0.1) is 26.3 Å². The molecule has 0 amide bonds. The van der Waals surface area contributed by atoms with E-state index < -0.39 is 0 Å². The summed E-state index contributed by atoms with van der Waals surface area (Å²) in [6, 6.07) is 13.4. The van der Waals surface area contributed by atoms with Crippen molar-refractivity contribution in [3.8, 4) is 5.75 Å². The Balaban J connectivity index is 1.57. The monoisotopic (exact) mass is 333 g/mol. The van der Waals surface area contributed by atoms with Crippen molar-refractivity contribution in [3.63, 3.8) is 0 Å². The Hall–Kier alpha value is -3.08. The summed E-state index contributed by atoms with van der Waals surface area (Å²) in [5.74, 6) is 1.39. The Bertz CT molecular complexity index is 928. The van der Waals surface area contributed by atoms with E-state index in [1.807, 2.05) is 18.2 Å². The number of carbonyl (C=O) groups is 1. The molecule has 2 aromatic carbocycles. The van der Waals surface area contributed by atoms with E-state index in [1.54, 1.807) is 19.2 Å². The highest BCUT2D eigenvalue weighted by atomic mass is 16.5. The first-order chi connectivity index (χ1) is 12.2. The number of nitrogens with zero attached hydrogens (tertiary/aromatic N) is 1. The molecule has 0 unspecified atom stereocenters. The summed E-state index contributed by atoms with van der Waals surface area (Å²) in [6.07, 6.45) is 0.838. The Morgan fingerprint density at radius 1 is 1.12 bits per heavy atom. The summed E-state index contributed by atoms with van der Waals surface area (Å²) in [7, 11) is 3.06. The van der Waals surface area contributed by atoms with Crippen LogP contribution in [0.4, 0.5) is 5.69 Å². The molecule has 0 radical (unpaired) electrons. The molecule has 1 heterocycles. The molecule has 5 heteroatoms. The van der Waals surface area contributed by atoms with Crippen molar-refractivity contribution in [3.05, 3.63) is 64.7 Å². The second-order valence-electron chi connectivity index (χ2n) is 6.02. The molecule has 0 saturated heterocycles. The highest BCUT2D eigenvalue weighted by Gasteiger charge is 2.29. The summed E-state index contributed by atoms with van der Waals surface area (Å²) < 4.78 is 10.1. The Kier molecular flexibility index (Phi) is 3.76. The van der Waals surface area contributed by atoms with Crippen molar-refractivity contribution in [1.29, 1.82) is 0 Å². The van der Waals surface area contributed by atoms with Crippen molar-refractivity contribution >= 4 is 23.1 Å². The minimum atomic E-state index is -0.350. The van der Waals surface area contributed by atoms with Gasteiger partial charge in [-0.15, -0.1) is 0 Å². The molecule has 1 aliphatic carbocycles. The molecule has 0 aromatic heterocycles. The third-order valence-corrected chi connectivity index (χ3v) is 4.60. The van der Waals surface area contributed by atoms with Crippen LogP contribution in [0.25, 0.3) is 5.57 Å². The number of amidine groups is 1. The lowest BCUT2D eigenvalue weighted by Crippen LogP contribution is -2.14. The fourth-order valence-corrected chi connectivity index (χ4v) is 3.35. The molecule has 0 fully saturated rings.